The predicted molar refractivity (Wildman–Crippen MR) is 67.5 cm³/mol. The molecule has 0 saturated carbocycles. The molecule has 0 aliphatic carbocycles. The van der Waals surface area contributed by atoms with Crippen molar-refractivity contribution in [2.45, 2.75) is 26.2 Å². The molecule has 2 aromatic rings. The first-order valence-electron chi connectivity index (χ1n) is 6.16. The average Bonchev–Trinajstić information content (AvgIpc) is 2.80. The van der Waals surface area contributed by atoms with Crippen molar-refractivity contribution in [3.05, 3.63) is 35.7 Å². The van der Waals surface area contributed by atoms with E-state index >= 15 is 0 Å². The first kappa shape index (κ1) is 10.3. The quantitative estimate of drug-likeness (QED) is 0.875. The summed E-state index contributed by atoms with van der Waals surface area (Å²) < 4.78 is 2.15. The summed E-state index contributed by atoms with van der Waals surface area (Å²) in [7, 11) is 0. The van der Waals surface area contributed by atoms with Gasteiger partial charge in [-0.1, -0.05) is 25.1 Å². The lowest BCUT2D eigenvalue weighted by Crippen LogP contribution is -2.15. The molecule has 0 unspecified atom stereocenters. The lowest BCUT2D eigenvalue weighted by molar-refractivity contribution is 0.774. The van der Waals surface area contributed by atoms with Crippen LogP contribution in [0.15, 0.2) is 24.3 Å². The Balaban J connectivity index is 2.06. The third-order valence-electron chi connectivity index (χ3n) is 3.11. The summed E-state index contributed by atoms with van der Waals surface area (Å²) in [6, 6.07) is 8.48. The van der Waals surface area contributed by atoms with E-state index in [4.69, 9.17) is 0 Å². The maximum Gasteiger partial charge on any atom is 0.229 e. The Kier molecular flexibility index (Phi) is 2.55. The fraction of sp³-hybridized carbons (Fsp3) is 0.385. The second kappa shape index (κ2) is 4.20. The second-order valence-corrected chi connectivity index (χ2v) is 4.33. The summed E-state index contributed by atoms with van der Waals surface area (Å²) in [5.41, 5.74) is 2.59. The number of fused-ring (bicyclic) bond motifs is 3. The van der Waals surface area contributed by atoms with Crippen LogP contribution in [0.4, 0.5) is 5.95 Å². The zero-order valence-corrected chi connectivity index (χ0v) is 9.98. The zero-order chi connectivity index (χ0) is 11.7. The van der Waals surface area contributed by atoms with Gasteiger partial charge in [-0.05, 0) is 24.5 Å². The van der Waals surface area contributed by atoms with Crippen LogP contribution in [-0.2, 0) is 12.8 Å². The molecule has 4 nitrogen and oxygen atoms in total. The van der Waals surface area contributed by atoms with E-state index in [1.54, 1.807) is 0 Å². The van der Waals surface area contributed by atoms with Crippen molar-refractivity contribution in [3.8, 4) is 5.69 Å². The van der Waals surface area contributed by atoms with E-state index in [0.29, 0.717) is 0 Å². The lowest BCUT2D eigenvalue weighted by Gasteiger charge is -2.19. The van der Waals surface area contributed by atoms with Gasteiger partial charge in [-0.15, -0.1) is 10.2 Å². The number of anilines is 1. The summed E-state index contributed by atoms with van der Waals surface area (Å²) >= 11 is 0. The van der Waals surface area contributed by atoms with Crippen molar-refractivity contribution in [1.82, 2.24) is 14.8 Å². The zero-order valence-electron chi connectivity index (χ0n) is 9.98. The highest BCUT2D eigenvalue weighted by Gasteiger charge is 2.20. The van der Waals surface area contributed by atoms with Crippen LogP contribution in [0, 0.1) is 0 Å². The Morgan fingerprint density at radius 1 is 1.24 bits per heavy atom. The van der Waals surface area contributed by atoms with E-state index in [1.807, 2.05) is 0 Å². The summed E-state index contributed by atoms with van der Waals surface area (Å²) in [6.45, 7) is 3.08. The molecular formula is C13H16N4. The van der Waals surface area contributed by atoms with Crippen molar-refractivity contribution < 1.29 is 0 Å². The number of benzene rings is 1. The smallest absolute Gasteiger partial charge is 0.229 e. The van der Waals surface area contributed by atoms with Gasteiger partial charge >= 0.3 is 0 Å². The predicted octanol–water partition coefficient (Wildman–Crippen LogP) is 2.19. The Bertz CT molecular complexity index is 530. The van der Waals surface area contributed by atoms with E-state index in [0.717, 1.165) is 37.6 Å². The van der Waals surface area contributed by atoms with Gasteiger partial charge in [-0.3, -0.25) is 4.57 Å². The highest BCUT2D eigenvalue weighted by molar-refractivity contribution is 5.50. The fourth-order valence-electron chi connectivity index (χ4n) is 2.27. The first-order chi connectivity index (χ1) is 8.40. The molecule has 1 aliphatic rings. The van der Waals surface area contributed by atoms with Crippen LogP contribution in [0.5, 0.6) is 0 Å². The SMILES string of the molecule is CCCNc1nnc2n1-c1ccccc1CC2. The highest BCUT2D eigenvalue weighted by atomic mass is 15.4. The van der Waals surface area contributed by atoms with Crippen LogP contribution in [-0.4, -0.2) is 21.3 Å². The molecule has 0 fully saturated rings. The van der Waals surface area contributed by atoms with E-state index in [-0.39, 0.29) is 0 Å². The molecule has 3 rings (SSSR count). The number of nitrogens with one attached hydrogen (secondary N) is 1. The molecule has 0 saturated heterocycles. The molecule has 0 atom stereocenters. The molecule has 88 valence electrons. The molecule has 1 aliphatic heterocycles. The summed E-state index contributed by atoms with van der Waals surface area (Å²) in [4.78, 5) is 0. The minimum absolute atomic E-state index is 0.869. The largest absolute Gasteiger partial charge is 0.354 e. The van der Waals surface area contributed by atoms with Gasteiger partial charge in [0.15, 0.2) is 0 Å². The molecule has 0 radical (unpaired) electrons. The number of hydrogen-bond donors (Lipinski definition) is 1. The van der Waals surface area contributed by atoms with E-state index < -0.39 is 0 Å². The number of para-hydroxylation sites is 1. The van der Waals surface area contributed by atoms with Crippen LogP contribution in [0.1, 0.15) is 24.7 Å². The third kappa shape index (κ3) is 1.69. The van der Waals surface area contributed by atoms with Crippen LogP contribution in [0.25, 0.3) is 5.69 Å². The topological polar surface area (TPSA) is 42.7 Å². The molecule has 17 heavy (non-hydrogen) atoms. The average molecular weight is 228 g/mol. The lowest BCUT2D eigenvalue weighted by atomic mass is 10.0. The van der Waals surface area contributed by atoms with Crippen LogP contribution in [0.2, 0.25) is 0 Å². The Morgan fingerprint density at radius 2 is 2.12 bits per heavy atom. The molecule has 2 heterocycles. The molecule has 1 aromatic carbocycles. The number of aryl methyl sites for hydroxylation is 2. The van der Waals surface area contributed by atoms with Crippen molar-refractivity contribution in [1.29, 1.82) is 0 Å². The number of rotatable bonds is 3. The maximum absolute atomic E-state index is 4.26. The highest BCUT2D eigenvalue weighted by Crippen LogP contribution is 2.26. The standard InChI is InChI=1S/C13H16N4/c1-2-9-14-13-16-15-12-8-7-10-5-3-4-6-11(10)17(12)13/h3-6H,2,7-9H2,1H3,(H,14,16). The van der Waals surface area contributed by atoms with Crippen molar-refractivity contribution in [3.63, 3.8) is 0 Å². The molecule has 0 amide bonds. The first-order valence-corrected chi connectivity index (χ1v) is 6.16. The monoisotopic (exact) mass is 228 g/mol. The van der Waals surface area contributed by atoms with Crippen molar-refractivity contribution in [2.24, 2.45) is 0 Å². The molecule has 0 bridgehead atoms. The van der Waals surface area contributed by atoms with E-state index in [2.05, 4.69) is 51.3 Å². The van der Waals surface area contributed by atoms with Crippen LogP contribution < -0.4 is 5.32 Å². The van der Waals surface area contributed by atoms with Crippen molar-refractivity contribution in [2.75, 3.05) is 11.9 Å². The van der Waals surface area contributed by atoms with Gasteiger partial charge < -0.3 is 5.32 Å². The van der Waals surface area contributed by atoms with Gasteiger partial charge in [0.1, 0.15) is 5.82 Å². The number of hydrogen-bond acceptors (Lipinski definition) is 3. The third-order valence-corrected chi connectivity index (χ3v) is 3.11. The van der Waals surface area contributed by atoms with Gasteiger partial charge in [0.05, 0.1) is 5.69 Å². The second-order valence-electron chi connectivity index (χ2n) is 4.33. The Hall–Kier alpha value is -1.84. The van der Waals surface area contributed by atoms with Crippen LogP contribution >= 0.6 is 0 Å². The molecule has 4 heteroatoms. The Labute approximate surface area is 101 Å². The van der Waals surface area contributed by atoms with Crippen LogP contribution in [0.3, 0.4) is 0 Å². The van der Waals surface area contributed by atoms with Crippen molar-refractivity contribution >= 4 is 5.95 Å². The van der Waals surface area contributed by atoms with Gasteiger partial charge in [0.2, 0.25) is 5.95 Å². The van der Waals surface area contributed by atoms with Gasteiger partial charge in [-0.2, -0.15) is 0 Å². The molecule has 1 N–H and O–H groups in total. The van der Waals surface area contributed by atoms with E-state index in [9.17, 15) is 0 Å². The molecule has 1 aromatic heterocycles. The number of aromatic nitrogens is 3. The normalized spacial score (nSPS) is 13.0. The minimum Gasteiger partial charge on any atom is -0.354 e. The minimum atomic E-state index is 0.869. The fourth-order valence-corrected chi connectivity index (χ4v) is 2.27. The van der Waals surface area contributed by atoms with Gasteiger partial charge in [0.25, 0.3) is 0 Å². The van der Waals surface area contributed by atoms with Gasteiger partial charge in [0, 0.05) is 13.0 Å². The Morgan fingerprint density at radius 3 is 3.00 bits per heavy atom. The number of nitrogens with zero attached hydrogens (tertiary/aromatic N) is 3. The molecule has 0 spiro atoms. The van der Waals surface area contributed by atoms with E-state index in [1.165, 1.54) is 11.3 Å². The maximum atomic E-state index is 4.26. The molecular weight excluding hydrogens is 212 g/mol. The summed E-state index contributed by atoms with van der Waals surface area (Å²) in [5.74, 6) is 1.93. The van der Waals surface area contributed by atoms with Gasteiger partial charge in [-0.25, -0.2) is 0 Å². The summed E-state index contributed by atoms with van der Waals surface area (Å²) in [5, 5.41) is 11.8. The summed E-state index contributed by atoms with van der Waals surface area (Å²) in [6.07, 6.45) is 3.11.